The molecule has 0 heterocycles. The summed E-state index contributed by atoms with van der Waals surface area (Å²) >= 11 is 9.51. The number of nitrogen functional groups attached to an aromatic ring is 1. The minimum atomic E-state index is -0.487. The van der Waals surface area contributed by atoms with E-state index in [9.17, 15) is 10.1 Å². The average molecular weight is 357 g/mol. The van der Waals surface area contributed by atoms with Crippen LogP contribution in [0.2, 0.25) is 5.02 Å². The lowest BCUT2D eigenvalue weighted by atomic mass is 10.2. The maximum Gasteiger partial charge on any atom is 0.271 e. The third-order valence-corrected chi connectivity index (χ3v) is 3.83. The van der Waals surface area contributed by atoms with Gasteiger partial charge in [-0.3, -0.25) is 10.1 Å². The Kier molecular flexibility index (Phi) is 4.15. The van der Waals surface area contributed by atoms with Crippen LogP contribution in [0.4, 0.5) is 22.7 Å². The maximum atomic E-state index is 10.7. The number of nitro benzene ring substituents is 1. The highest BCUT2D eigenvalue weighted by atomic mass is 79.9. The summed E-state index contributed by atoms with van der Waals surface area (Å²) in [6, 6.07) is 7.91. The van der Waals surface area contributed by atoms with E-state index >= 15 is 0 Å². The summed E-state index contributed by atoms with van der Waals surface area (Å²) < 4.78 is 0.831. The zero-order valence-electron chi connectivity index (χ0n) is 10.5. The Balaban J connectivity index is 2.35. The van der Waals surface area contributed by atoms with Crippen LogP contribution in [0.15, 0.2) is 34.8 Å². The number of halogens is 2. The minimum Gasteiger partial charge on any atom is -0.397 e. The van der Waals surface area contributed by atoms with E-state index in [1.165, 1.54) is 12.1 Å². The number of anilines is 3. The molecule has 0 fully saturated rings. The number of non-ortho nitro benzene ring substituents is 1. The van der Waals surface area contributed by atoms with Gasteiger partial charge in [-0.15, -0.1) is 0 Å². The van der Waals surface area contributed by atoms with Crippen molar-refractivity contribution in [1.29, 1.82) is 0 Å². The third-order valence-electron chi connectivity index (χ3n) is 2.76. The maximum absolute atomic E-state index is 10.7. The molecular weight excluding hydrogens is 346 g/mol. The molecule has 0 aliphatic heterocycles. The number of nitrogens with two attached hydrogens (primary N) is 1. The Morgan fingerprint density at radius 3 is 2.60 bits per heavy atom. The van der Waals surface area contributed by atoms with E-state index in [-0.39, 0.29) is 5.69 Å². The number of nitro groups is 1. The number of aryl methyl sites for hydroxylation is 1. The molecule has 0 aliphatic carbocycles. The smallest absolute Gasteiger partial charge is 0.271 e. The third kappa shape index (κ3) is 3.02. The van der Waals surface area contributed by atoms with E-state index in [4.69, 9.17) is 17.3 Å². The molecular formula is C13H11BrClN3O2. The molecule has 0 atom stereocenters. The Morgan fingerprint density at radius 1 is 1.30 bits per heavy atom. The molecule has 0 saturated carbocycles. The minimum absolute atomic E-state index is 0.0472. The van der Waals surface area contributed by atoms with Gasteiger partial charge in [0.1, 0.15) is 0 Å². The van der Waals surface area contributed by atoms with Crippen LogP contribution in [0.25, 0.3) is 0 Å². The van der Waals surface area contributed by atoms with Crippen molar-refractivity contribution in [1.82, 2.24) is 0 Å². The van der Waals surface area contributed by atoms with Crippen molar-refractivity contribution in [3.05, 3.63) is 55.5 Å². The second-order valence-corrected chi connectivity index (χ2v) is 5.50. The molecule has 2 rings (SSSR count). The Labute approximate surface area is 129 Å². The quantitative estimate of drug-likeness (QED) is 0.476. The van der Waals surface area contributed by atoms with Crippen LogP contribution in [0.5, 0.6) is 0 Å². The second-order valence-electron chi connectivity index (χ2n) is 4.23. The second kappa shape index (κ2) is 5.68. The van der Waals surface area contributed by atoms with Crippen LogP contribution >= 0.6 is 27.5 Å². The number of rotatable bonds is 3. The van der Waals surface area contributed by atoms with E-state index < -0.39 is 4.92 Å². The van der Waals surface area contributed by atoms with Crippen LogP contribution in [-0.4, -0.2) is 4.92 Å². The van der Waals surface area contributed by atoms with E-state index in [1.807, 2.05) is 13.0 Å². The summed E-state index contributed by atoms with van der Waals surface area (Å²) in [5, 5.41) is 14.4. The van der Waals surface area contributed by atoms with Crippen molar-refractivity contribution in [2.24, 2.45) is 0 Å². The van der Waals surface area contributed by atoms with Gasteiger partial charge >= 0.3 is 0 Å². The highest BCUT2D eigenvalue weighted by molar-refractivity contribution is 9.10. The number of hydrogen-bond acceptors (Lipinski definition) is 4. The molecule has 2 aromatic rings. The molecule has 5 nitrogen and oxygen atoms in total. The summed E-state index contributed by atoms with van der Waals surface area (Å²) in [5.41, 5.74) is 8.32. The molecule has 7 heteroatoms. The van der Waals surface area contributed by atoms with Crippen molar-refractivity contribution < 1.29 is 4.92 Å². The van der Waals surface area contributed by atoms with Crippen molar-refractivity contribution in [2.45, 2.75) is 6.92 Å². The van der Waals surface area contributed by atoms with Gasteiger partial charge in [0.25, 0.3) is 5.69 Å². The molecule has 20 heavy (non-hydrogen) atoms. The van der Waals surface area contributed by atoms with Crippen molar-refractivity contribution in [2.75, 3.05) is 11.1 Å². The largest absolute Gasteiger partial charge is 0.397 e. The van der Waals surface area contributed by atoms with Crippen LogP contribution in [0.1, 0.15) is 5.56 Å². The number of nitrogens with zero attached hydrogens (tertiary/aromatic N) is 1. The number of nitrogens with one attached hydrogen (secondary N) is 1. The fraction of sp³-hybridized carbons (Fsp3) is 0.0769. The van der Waals surface area contributed by atoms with Crippen LogP contribution < -0.4 is 11.1 Å². The molecule has 0 radical (unpaired) electrons. The van der Waals surface area contributed by atoms with Gasteiger partial charge in [0.15, 0.2) is 0 Å². The molecule has 0 bridgehead atoms. The molecule has 104 valence electrons. The standard InChI is InChI=1S/C13H11BrClN3O2/c1-7-4-9(14)13(6-10(7)15)17-12-3-2-8(18(19)20)5-11(12)16/h2-6,17H,16H2,1H3. The van der Waals surface area contributed by atoms with Crippen molar-refractivity contribution in [3.63, 3.8) is 0 Å². The van der Waals surface area contributed by atoms with Gasteiger partial charge in [-0.05, 0) is 46.6 Å². The van der Waals surface area contributed by atoms with Gasteiger partial charge < -0.3 is 11.1 Å². The van der Waals surface area contributed by atoms with Crippen molar-refractivity contribution >= 4 is 50.3 Å². The normalized spacial score (nSPS) is 10.3. The molecule has 3 N–H and O–H groups in total. The topological polar surface area (TPSA) is 81.2 Å². The van der Waals surface area contributed by atoms with E-state index in [2.05, 4.69) is 21.2 Å². The first-order chi connectivity index (χ1) is 9.38. The molecule has 0 spiro atoms. The zero-order valence-corrected chi connectivity index (χ0v) is 12.8. The molecule has 0 unspecified atom stereocenters. The van der Waals surface area contributed by atoms with Crippen LogP contribution in [0.3, 0.4) is 0 Å². The average Bonchev–Trinajstić information content (AvgIpc) is 2.37. The van der Waals surface area contributed by atoms with Crippen LogP contribution in [0, 0.1) is 17.0 Å². The summed E-state index contributed by atoms with van der Waals surface area (Å²) in [4.78, 5) is 10.2. The molecule has 0 aliphatic rings. The lowest BCUT2D eigenvalue weighted by Crippen LogP contribution is -1.99. The van der Waals surface area contributed by atoms with Gasteiger partial charge in [0, 0.05) is 21.6 Å². The monoisotopic (exact) mass is 355 g/mol. The van der Waals surface area contributed by atoms with Crippen molar-refractivity contribution in [3.8, 4) is 0 Å². The molecule has 0 aromatic heterocycles. The molecule has 0 amide bonds. The van der Waals surface area contributed by atoms with Crippen LogP contribution in [-0.2, 0) is 0 Å². The predicted octanol–water partition coefficient (Wildman–Crippen LogP) is 4.64. The van der Waals surface area contributed by atoms with Gasteiger partial charge in [-0.25, -0.2) is 0 Å². The molecule has 0 saturated heterocycles. The van der Waals surface area contributed by atoms with Gasteiger partial charge in [0.05, 0.1) is 22.0 Å². The highest BCUT2D eigenvalue weighted by Crippen LogP contribution is 2.34. The van der Waals surface area contributed by atoms with Gasteiger partial charge in [-0.1, -0.05) is 11.6 Å². The van der Waals surface area contributed by atoms with E-state index in [0.29, 0.717) is 16.4 Å². The molecule has 2 aromatic carbocycles. The first-order valence-corrected chi connectivity index (χ1v) is 6.82. The summed E-state index contributed by atoms with van der Waals surface area (Å²) in [5.74, 6) is 0. The zero-order chi connectivity index (χ0) is 14.9. The first-order valence-electron chi connectivity index (χ1n) is 5.65. The number of hydrogen-bond donors (Lipinski definition) is 2. The summed E-state index contributed by atoms with van der Waals surface area (Å²) in [6.07, 6.45) is 0. The lowest BCUT2D eigenvalue weighted by Gasteiger charge is -2.12. The fourth-order valence-electron chi connectivity index (χ4n) is 1.66. The van der Waals surface area contributed by atoms with E-state index in [1.54, 1.807) is 12.1 Å². The summed E-state index contributed by atoms with van der Waals surface area (Å²) in [6.45, 7) is 1.90. The van der Waals surface area contributed by atoms with Gasteiger partial charge in [-0.2, -0.15) is 0 Å². The van der Waals surface area contributed by atoms with E-state index in [0.717, 1.165) is 15.7 Å². The Bertz CT molecular complexity index is 692. The Morgan fingerprint density at radius 2 is 2.00 bits per heavy atom. The fourth-order valence-corrected chi connectivity index (χ4v) is 2.39. The summed E-state index contributed by atoms with van der Waals surface area (Å²) in [7, 11) is 0. The highest BCUT2D eigenvalue weighted by Gasteiger charge is 2.10. The Hall–Kier alpha value is -1.79. The SMILES string of the molecule is Cc1cc(Br)c(Nc2ccc([N+](=O)[O-])cc2N)cc1Cl. The predicted molar refractivity (Wildman–Crippen MR) is 84.7 cm³/mol. The van der Waals surface area contributed by atoms with Gasteiger partial charge in [0.2, 0.25) is 0 Å². The number of benzene rings is 2. The first kappa shape index (κ1) is 14.6. The lowest BCUT2D eigenvalue weighted by molar-refractivity contribution is -0.384.